The minimum atomic E-state index is -6.38. The number of amides is 1. The molecule has 0 aromatic carbocycles. The van der Waals surface area contributed by atoms with Gasteiger partial charge in [0.15, 0.2) is 11.9 Å². The van der Waals surface area contributed by atoms with E-state index >= 15 is 0 Å². The Morgan fingerprint density at radius 3 is 2.23 bits per heavy atom. The molecule has 1 amide bonds. The molecule has 0 radical (unpaired) electrons. The number of rotatable bonds is 10. The summed E-state index contributed by atoms with van der Waals surface area (Å²) in [5.41, 5.74) is -0.0227. The smallest absolute Gasteiger partial charge is 0.446 e. The first kappa shape index (κ1) is 27.2. The van der Waals surface area contributed by atoms with Crippen LogP contribution in [0, 0.1) is 0 Å². The average Bonchev–Trinajstić information content (AvgIpc) is 2.63. The summed E-state index contributed by atoms with van der Waals surface area (Å²) in [7, 11) is -6.38. The zero-order valence-corrected chi connectivity index (χ0v) is 17.4. The first-order chi connectivity index (χ1) is 14.0. The molecule has 9 nitrogen and oxygen atoms in total. The molecule has 1 heterocycles. The van der Waals surface area contributed by atoms with Gasteiger partial charge in [0.25, 0.3) is 0 Å². The molecule has 1 unspecified atom stereocenters. The maximum Gasteiger partial charge on any atom is 0.446 e. The minimum Gasteiger partial charge on any atom is -0.460 e. The second-order valence-electron chi connectivity index (χ2n) is 6.66. The van der Waals surface area contributed by atoms with Gasteiger partial charge in [0.2, 0.25) is 0 Å². The summed E-state index contributed by atoms with van der Waals surface area (Å²) < 4.78 is 110. The number of hydrogen-bond donors (Lipinski definition) is 1. The second-order valence-corrected chi connectivity index (χ2v) is 8.27. The Hall–Kier alpha value is -1.84. The standard InChI is InChI=1S/C16H22F5NO8S/c1-10(2)12(23)27-8-5-22-13(24)16(20,21)31(25,26)30-11(15(17,18)19)9-14(3)28-6-4-7-29-14/h11H,1,4-9H2,2-3H3,(H,22,24). The van der Waals surface area contributed by atoms with E-state index < -0.39 is 64.9 Å². The summed E-state index contributed by atoms with van der Waals surface area (Å²) in [5.74, 6) is -5.29. The molecule has 0 spiro atoms. The van der Waals surface area contributed by atoms with Crippen molar-refractivity contribution in [1.82, 2.24) is 5.32 Å². The Bertz CT molecular complexity index is 777. The van der Waals surface area contributed by atoms with Crippen molar-refractivity contribution in [3.05, 3.63) is 12.2 Å². The Morgan fingerprint density at radius 2 is 1.74 bits per heavy atom. The first-order valence-corrected chi connectivity index (χ1v) is 10.2. The van der Waals surface area contributed by atoms with Crippen LogP contribution in [0.2, 0.25) is 0 Å². The molecule has 180 valence electrons. The van der Waals surface area contributed by atoms with E-state index in [2.05, 4.69) is 15.5 Å². The van der Waals surface area contributed by atoms with Crippen LogP contribution in [-0.2, 0) is 38.1 Å². The monoisotopic (exact) mass is 483 g/mol. The van der Waals surface area contributed by atoms with Crippen molar-refractivity contribution in [2.24, 2.45) is 0 Å². The molecule has 1 aliphatic rings. The van der Waals surface area contributed by atoms with Crippen LogP contribution in [0.15, 0.2) is 12.2 Å². The van der Waals surface area contributed by atoms with Crippen LogP contribution in [-0.4, -0.2) is 70.0 Å². The first-order valence-electron chi connectivity index (χ1n) is 8.78. The van der Waals surface area contributed by atoms with Gasteiger partial charge in [-0.1, -0.05) is 6.58 Å². The molecule has 0 aliphatic carbocycles. The maximum absolute atomic E-state index is 14.1. The molecular formula is C16H22F5NO8S. The molecule has 1 N–H and O–H groups in total. The van der Waals surface area contributed by atoms with E-state index in [1.54, 1.807) is 0 Å². The van der Waals surface area contributed by atoms with E-state index in [0.29, 0.717) is 6.42 Å². The van der Waals surface area contributed by atoms with Gasteiger partial charge >= 0.3 is 33.4 Å². The van der Waals surface area contributed by atoms with E-state index in [-0.39, 0.29) is 18.8 Å². The number of carbonyl (C=O) groups excluding carboxylic acids is 2. The summed E-state index contributed by atoms with van der Waals surface area (Å²) >= 11 is 0. The fourth-order valence-corrected chi connectivity index (χ4v) is 3.10. The molecule has 15 heteroatoms. The van der Waals surface area contributed by atoms with Crippen LogP contribution in [0.25, 0.3) is 0 Å². The summed E-state index contributed by atoms with van der Waals surface area (Å²) in [5, 5.41) is -3.93. The lowest BCUT2D eigenvalue weighted by Crippen LogP contribution is -2.51. The minimum absolute atomic E-state index is 0.00233. The lowest BCUT2D eigenvalue weighted by Gasteiger charge is -2.36. The molecule has 1 rings (SSSR count). The summed E-state index contributed by atoms with van der Waals surface area (Å²) in [4.78, 5) is 22.7. The van der Waals surface area contributed by atoms with Gasteiger partial charge < -0.3 is 19.5 Å². The van der Waals surface area contributed by atoms with Crippen LogP contribution < -0.4 is 5.32 Å². The highest BCUT2D eigenvalue weighted by Gasteiger charge is 2.58. The lowest BCUT2D eigenvalue weighted by molar-refractivity contribution is -0.288. The van der Waals surface area contributed by atoms with Crippen molar-refractivity contribution in [2.75, 3.05) is 26.4 Å². The van der Waals surface area contributed by atoms with Gasteiger partial charge in [0.1, 0.15) is 6.61 Å². The number of alkyl halides is 5. The highest BCUT2D eigenvalue weighted by molar-refractivity contribution is 7.88. The Morgan fingerprint density at radius 1 is 1.19 bits per heavy atom. The van der Waals surface area contributed by atoms with E-state index in [1.807, 2.05) is 0 Å². The summed E-state index contributed by atoms with van der Waals surface area (Å²) in [6.07, 6.45) is -9.57. The molecule has 1 aliphatic heterocycles. The predicted octanol–water partition coefficient (Wildman–Crippen LogP) is 1.64. The quantitative estimate of drug-likeness (QED) is 0.164. The van der Waals surface area contributed by atoms with Crippen molar-refractivity contribution >= 4 is 22.0 Å². The predicted molar refractivity (Wildman–Crippen MR) is 93.1 cm³/mol. The van der Waals surface area contributed by atoms with Crippen LogP contribution in [0.5, 0.6) is 0 Å². The van der Waals surface area contributed by atoms with Gasteiger partial charge in [-0.25, -0.2) is 4.79 Å². The van der Waals surface area contributed by atoms with Crippen LogP contribution in [0.1, 0.15) is 26.7 Å². The van der Waals surface area contributed by atoms with Gasteiger partial charge in [-0.15, -0.1) is 0 Å². The lowest BCUT2D eigenvalue weighted by atomic mass is 10.1. The fourth-order valence-electron chi connectivity index (χ4n) is 2.20. The molecular weight excluding hydrogens is 461 g/mol. The molecule has 1 atom stereocenters. The van der Waals surface area contributed by atoms with Gasteiger partial charge in [-0.3, -0.25) is 8.98 Å². The number of carbonyl (C=O) groups is 2. The normalized spacial score (nSPS) is 18.2. The fraction of sp³-hybridized carbons (Fsp3) is 0.750. The molecule has 31 heavy (non-hydrogen) atoms. The molecule has 0 saturated carbocycles. The third-order valence-electron chi connectivity index (χ3n) is 3.82. The third-order valence-corrected chi connectivity index (χ3v) is 5.11. The zero-order valence-electron chi connectivity index (χ0n) is 16.6. The van der Waals surface area contributed by atoms with E-state index in [4.69, 9.17) is 9.47 Å². The van der Waals surface area contributed by atoms with E-state index in [1.165, 1.54) is 12.2 Å². The van der Waals surface area contributed by atoms with Crippen molar-refractivity contribution in [3.63, 3.8) is 0 Å². The summed E-state index contributed by atoms with van der Waals surface area (Å²) in [6.45, 7) is 4.25. The average molecular weight is 483 g/mol. The second kappa shape index (κ2) is 10.2. The van der Waals surface area contributed by atoms with Gasteiger partial charge in [-0.2, -0.15) is 30.4 Å². The number of esters is 1. The van der Waals surface area contributed by atoms with Crippen molar-refractivity contribution in [3.8, 4) is 0 Å². The molecule has 1 saturated heterocycles. The summed E-state index contributed by atoms with van der Waals surface area (Å²) in [6, 6.07) is 0. The Labute approximate surface area is 175 Å². The number of hydrogen-bond acceptors (Lipinski definition) is 8. The SMILES string of the molecule is C=C(C)C(=O)OCCNC(=O)C(F)(F)S(=O)(=O)OC(CC1(C)OCCCO1)C(F)(F)F. The molecule has 1 fully saturated rings. The highest BCUT2D eigenvalue weighted by atomic mass is 32.2. The Balaban J connectivity index is 2.84. The number of halogens is 5. The molecule has 0 bridgehead atoms. The van der Waals surface area contributed by atoms with Gasteiger partial charge in [0.05, 0.1) is 19.8 Å². The van der Waals surface area contributed by atoms with Crippen LogP contribution in [0.3, 0.4) is 0 Å². The topological polar surface area (TPSA) is 117 Å². The molecule has 0 aromatic rings. The number of nitrogens with one attached hydrogen (secondary N) is 1. The third kappa shape index (κ3) is 7.66. The maximum atomic E-state index is 14.1. The van der Waals surface area contributed by atoms with Gasteiger partial charge in [0, 0.05) is 12.0 Å². The Kier molecular flexibility index (Phi) is 8.94. The van der Waals surface area contributed by atoms with Crippen molar-refractivity contribution in [2.45, 2.75) is 50.0 Å². The van der Waals surface area contributed by atoms with E-state index in [9.17, 15) is 40.0 Å². The van der Waals surface area contributed by atoms with Gasteiger partial charge in [-0.05, 0) is 20.3 Å². The molecule has 0 aromatic heterocycles. The van der Waals surface area contributed by atoms with Crippen molar-refractivity contribution < 1.29 is 58.4 Å². The zero-order chi connectivity index (χ0) is 24.1. The van der Waals surface area contributed by atoms with E-state index in [0.717, 1.165) is 6.92 Å². The van der Waals surface area contributed by atoms with Crippen LogP contribution in [0.4, 0.5) is 22.0 Å². The highest BCUT2D eigenvalue weighted by Crippen LogP contribution is 2.36. The largest absolute Gasteiger partial charge is 0.460 e. The van der Waals surface area contributed by atoms with Crippen molar-refractivity contribution in [1.29, 1.82) is 0 Å². The number of ether oxygens (including phenoxy) is 3. The van der Waals surface area contributed by atoms with Crippen LogP contribution >= 0.6 is 0 Å².